The lowest BCUT2D eigenvalue weighted by Crippen LogP contribution is -2.44. The van der Waals surface area contributed by atoms with Crippen LogP contribution in [0.25, 0.3) is 11.1 Å². The van der Waals surface area contributed by atoms with Crippen molar-refractivity contribution in [3.63, 3.8) is 0 Å². The van der Waals surface area contributed by atoms with E-state index in [1.165, 1.54) is 0 Å². The van der Waals surface area contributed by atoms with Crippen LogP contribution in [-0.2, 0) is 16.0 Å². The molecule has 0 radical (unpaired) electrons. The number of likely N-dealkylation sites (N-methyl/N-ethyl adjacent to an activating group) is 1. The van der Waals surface area contributed by atoms with Crippen molar-refractivity contribution >= 4 is 28.8 Å². The average Bonchev–Trinajstić information content (AvgIpc) is 3.01. The molecule has 1 aliphatic heterocycles. The van der Waals surface area contributed by atoms with E-state index < -0.39 is 23.7 Å². The predicted molar refractivity (Wildman–Crippen MR) is 108 cm³/mol. The number of nitrogens with one attached hydrogen (secondary N) is 1. The van der Waals surface area contributed by atoms with Gasteiger partial charge in [0.2, 0.25) is 0 Å². The number of fused-ring (bicyclic) bond motifs is 1. The normalized spacial score (nSPS) is 16.6. The number of carboxylic acid groups (broad SMARTS) is 1. The van der Waals surface area contributed by atoms with Crippen LogP contribution in [0, 0.1) is 0 Å². The van der Waals surface area contributed by atoms with Crippen LogP contribution in [-0.4, -0.2) is 71.9 Å². The molecule has 2 heterocycles. The van der Waals surface area contributed by atoms with Gasteiger partial charge in [0.05, 0.1) is 6.42 Å². The van der Waals surface area contributed by atoms with Gasteiger partial charge in [0.15, 0.2) is 11.5 Å². The highest BCUT2D eigenvalue weighted by molar-refractivity contribution is 5.81. The molecule has 2 N–H and O–H groups in total. The number of anilines is 1. The zero-order valence-electron chi connectivity index (χ0n) is 17.3. The molecule has 1 atom stereocenters. The van der Waals surface area contributed by atoms with Crippen LogP contribution in [0.5, 0.6) is 0 Å². The summed E-state index contributed by atoms with van der Waals surface area (Å²) in [5.41, 5.74) is 1.58. The number of carbonyl (C=O) groups excluding carboxylic acids is 1. The second-order valence-electron chi connectivity index (χ2n) is 8.29. The molecule has 29 heavy (non-hydrogen) atoms. The predicted octanol–water partition coefficient (Wildman–Crippen LogP) is 2.10. The van der Waals surface area contributed by atoms with Gasteiger partial charge in [-0.25, -0.2) is 14.6 Å². The molecule has 9 nitrogen and oxygen atoms in total. The summed E-state index contributed by atoms with van der Waals surface area (Å²) in [4.78, 5) is 32.4. The molecule has 1 unspecified atom stereocenters. The van der Waals surface area contributed by atoms with Crippen LogP contribution in [0.3, 0.4) is 0 Å². The third kappa shape index (κ3) is 5.60. The van der Waals surface area contributed by atoms with E-state index in [4.69, 9.17) is 9.15 Å². The summed E-state index contributed by atoms with van der Waals surface area (Å²) in [6.45, 7) is 8.99. The number of aliphatic carboxylic acids is 1. The Balaban J connectivity index is 1.71. The van der Waals surface area contributed by atoms with Crippen molar-refractivity contribution in [2.75, 3.05) is 38.1 Å². The zero-order chi connectivity index (χ0) is 21.2. The third-order valence-electron chi connectivity index (χ3n) is 4.65. The van der Waals surface area contributed by atoms with E-state index in [0.717, 1.165) is 31.9 Å². The number of hydrogen-bond donors (Lipinski definition) is 2. The molecular formula is C20H28N4O5. The van der Waals surface area contributed by atoms with Gasteiger partial charge in [-0.05, 0) is 40.0 Å². The van der Waals surface area contributed by atoms with E-state index in [-0.39, 0.29) is 12.3 Å². The molecule has 1 amide bonds. The maximum Gasteiger partial charge on any atom is 0.408 e. The number of amides is 1. The van der Waals surface area contributed by atoms with Gasteiger partial charge in [-0.15, -0.1) is 0 Å². The van der Waals surface area contributed by atoms with Crippen LogP contribution in [0.15, 0.2) is 22.6 Å². The standard InChI is InChI=1S/C20H28N4O5/c1-20(2,3)29-19(27)22-15(18(25)26)12-17-21-14-6-5-13(11-16(14)28-17)24-9-7-23(4)8-10-24/h5-6,11,15H,7-10,12H2,1-4H3,(H,22,27)(H,25,26). The van der Waals surface area contributed by atoms with Crippen molar-refractivity contribution in [2.24, 2.45) is 0 Å². The number of piperazine rings is 1. The second kappa shape index (κ2) is 8.28. The first-order valence-corrected chi connectivity index (χ1v) is 9.66. The molecule has 1 aromatic heterocycles. The number of hydrogen-bond acceptors (Lipinski definition) is 7. The Hall–Kier alpha value is -2.81. The topological polar surface area (TPSA) is 108 Å². The van der Waals surface area contributed by atoms with Gasteiger partial charge >= 0.3 is 12.1 Å². The van der Waals surface area contributed by atoms with Crippen LogP contribution in [0.1, 0.15) is 26.7 Å². The quantitative estimate of drug-likeness (QED) is 0.780. The van der Waals surface area contributed by atoms with Crippen molar-refractivity contribution in [2.45, 2.75) is 38.8 Å². The van der Waals surface area contributed by atoms with Crippen molar-refractivity contribution in [3.8, 4) is 0 Å². The minimum atomic E-state index is -1.20. The number of carboxylic acids is 1. The summed E-state index contributed by atoms with van der Waals surface area (Å²) in [5, 5.41) is 11.8. The molecule has 3 rings (SSSR count). The minimum absolute atomic E-state index is 0.0763. The summed E-state index contributed by atoms with van der Waals surface area (Å²) >= 11 is 0. The van der Waals surface area contributed by atoms with E-state index in [0.29, 0.717) is 11.1 Å². The molecule has 158 valence electrons. The first-order chi connectivity index (χ1) is 13.6. The van der Waals surface area contributed by atoms with Crippen LogP contribution in [0.4, 0.5) is 10.5 Å². The Morgan fingerprint density at radius 3 is 2.59 bits per heavy atom. The van der Waals surface area contributed by atoms with Crippen LogP contribution in [0.2, 0.25) is 0 Å². The summed E-state index contributed by atoms with van der Waals surface area (Å²) in [5.74, 6) is -0.935. The molecule has 1 aromatic carbocycles. The highest BCUT2D eigenvalue weighted by atomic mass is 16.6. The van der Waals surface area contributed by atoms with Gasteiger partial charge in [-0.3, -0.25) is 0 Å². The fourth-order valence-electron chi connectivity index (χ4n) is 3.13. The Morgan fingerprint density at radius 2 is 1.97 bits per heavy atom. The molecule has 0 spiro atoms. The molecule has 1 saturated heterocycles. The van der Waals surface area contributed by atoms with Crippen molar-refractivity contribution in [1.29, 1.82) is 0 Å². The van der Waals surface area contributed by atoms with Crippen molar-refractivity contribution in [1.82, 2.24) is 15.2 Å². The molecule has 0 bridgehead atoms. The Labute approximate surface area is 169 Å². The maximum atomic E-state index is 11.9. The van der Waals surface area contributed by atoms with Crippen molar-refractivity contribution in [3.05, 3.63) is 24.1 Å². The second-order valence-corrected chi connectivity index (χ2v) is 8.29. The minimum Gasteiger partial charge on any atom is -0.480 e. The Bertz CT molecular complexity index is 881. The summed E-state index contributed by atoms with van der Waals surface area (Å²) in [7, 11) is 2.10. The van der Waals surface area contributed by atoms with Crippen molar-refractivity contribution < 1.29 is 23.8 Å². The lowest BCUT2D eigenvalue weighted by Gasteiger charge is -2.33. The van der Waals surface area contributed by atoms with Gasteiger partial charge in [0, 0.05) is 37.9 Å². The number of alkyl carbamates (subject to hydrolysis) is 1. The molecular weight excluding hydrogens is 376 g/mol. The average molecular weight is 404 g/mol. The zero-order valence-corrected chi connectivity index (χ0v) is 17.3. The van der Waals surface area contributed by atoms with Gasteiger partial charge in [-0.1, -0.05) is 0 Å². The summed E-state index contributed by atoms with van der Waals surface area (Å²) in [6, 6.07) is 4.59. The lowest BCUT2D eigenvalue weighted by molar-refractivity contribution is -0.139. The molecule has 1 aliphatic rings. The molecule has 9 heteroatoms. The van der Waals surface area contributed by atoms with Crippen LogP contribution >= 0.6 is 0 Å². The fraction of sp³-hybridized carbons (Fsp3) is 0.550. The van der Waals surface area contributed by atoms with Gasteiger partial charge < -0.3 is 29.4 Å². The fourth-order valence-corrected chi connectivity index (χ4v) is 3.13. The highest BCUT2D eigenvalue weighted by Gasteiger charge is 2.26. The monoisotopic (exact) mass is 404 g/mol. The molecule has 0 aliphatic carbocycles. The highest BCUT2D eigenvalue weighted by Crippen LogP contribution is 2.24. The van der Waals surface area contributed by atoms with E-state index in [1.54, 1.807) is 20.8 Å². The number of rotatable bonds is 5. The summed E-state index contributed by atoms with van der Waals surface area (Å²) in [6.07, 6.45) is -0.869. The molecule has 1 fully saturated rings. The Kier molecular flexibility index (Phi) is 5.97. The summed E-state index contributed by atoms with van der Waals surface area (Å²) < 4.78 is 10.9. The first kappa shape index (κ1) is 20.9. The van der Waals surface area contributed by atoms with Gasteiger partial charge in [-0.2, -0.15) is 0 Å². The van der Waals surface area contributed by atoms with E-state index in [1.807, 2.05) is 18.2 Å². The number of benzene rings is 1. The SMILES string of the molecule is CN1CCN(c2ccc3nc(CC(NC(=O)OC(C)(C)C)C(=O)O)oc3c2)CC1. The van der Waals surface area contributed by atoms with E-state index in [2.05, 4.69) is 27.1 Å². The van der Waals surface area contributed by atoms with E-state index >= 15 is 0 Å². The van der Waals surface area contributed by atoms with Gasteiger partial charge in [0.25, 0.3) is 0 Å². The van der Waals surface area contributed by atoms with E-state index in [9.17, 15) is 14.7 Å². The number of carbonyl (C=O) groups is 2. The maximum absolute atomic E-state index is 11.9. The number of nitrogens with zero attached hydrogens (tertiary/aromatic N) is 3. The number of ether oxygens (including phenoxy) is 1. The number of aromatic nitrogens is 1. The Morgan fingerprint density at radius 1 is 1.28 bits per heavy atom. The molecule has 0 saturated carbocycles. The largest absolute Gasteiger partial charge is 0.480 e. The van der Waals surface area contributed by atoms with Crippen LogP contribution < -0.4 is 10.2 Å². The lowest BCUT2D eigenvalue weighted by atomic mass is 10.2. The number of oxazole rings is 1. The third-order valence-corrected chi connectivity index (χ3v) is 4.65. The first-order valence-electron chi connectivity index (χ1n) is 9.66. The van der Waals surface area contributed by atoms with Gasteiger partial charge in [0.1, 0.15) is 17.2 Å². The smallest absolute Gasteiger partial charge is 0.408 e. The molecule has 2 aromatic rings.